The summed E-state index contributed by atoms with van der Waals surface area (Å²) in [6.07, 6.45) is 0.310. The first-order valence-electron chi connectivity index (χ1n) is 5.89. The van der Waals surface area contributed by atoms with Crippen LogP contribution in [0.1, 0.15) is 19.8 Å². The molecule has 0 aliphatic heterocycles. The number of hydrogen-bond acceptors (Lipinski definition) is 4. The Morgan fingerprint density at radius 2 is 2.05 bits per heavy atom. The highest BCUT2D eigenvalue weighted by Crippen LogP contribution is 2.17. The maximum Gasteiger partial charge on any atom is 0.225 e. The van der Waals surface area contributed by atoms with Crippen molar-refractivity contribution in [2.75, 3.05) is 22.6 Å². The first kappa shape index (κ1) is 15.4. The SMILES string of the molecule is CCCS(=O)(=O)CCC(=O)Nc1cc(N)ccc1F. The third-order valence-electron chi connectivity index (χ3n) is 2.42. The number of nitrogens with one attached hydrogen (secondary N) is 1. The molecule has 1 amide bonds. The molecule has 0 fully saturated rings. The van der Waals surface area contributed by atoms with E-state index in [9.17, 15) is 17.6 Å². The second kappa shape index (κ2) is 6.51. The average Bonchev–Trinajstić information content (AvgIpc) is 2.31. The molecule has 7 heteroatoms. The first-order valence-corrected chi connectivity index (χ1v) is 7.71. The molecule has 1 aromatic rings. The third kappa shape index (κ3) is 5.25. The van der Waals surface area contributed by atoms with E-state index < -0.39 is 21.6 Å². The molecular weight excluding hydrogens is 271 g/mol. The minimum atomic E-state index is -3.22. The van der Waals surface area contributed by atoms with E-state index in [-0.39, 0.29) is 23.6 Å². The molecule has 1 rings (SSSR count). The average molecular weight is 288 g/mol. The molecule has 19 heavy (non-hydrogen) atoms. The van der Waals surface area contributed by atoms with Gasteiger partial charge in [-0.05, 0) is 24.6 Å². The number of nitrogens with two attached hydrogens (primary N) is 1. The summed E-state index contributed by atoms with van der Waals surface area (Å²) >= 11 is 0. The van der Waals surface area contributed by atoms with Crippen molar-refractivity contribution in [2.24, 2.45) is 0 Å². The molecule has 1 aromatic carbocycles. The van der Waals surface area contributed by atoms with E-state index in [4.69, 9.17) is 5.73 Å². The van der Waals surface area contributed by atoms with Gasteiger partial charge in [0.1, 0.15) is 5.82 Å². The number of amides is 1. The van der Waals surface area contributed by atoms with Gasteiger partial charge < -0.3 is 11.1 Å². The smallest absolute Gasteiger partial charge is 0.225 e. The first-order chi connectivity index (χ1) is 8.84. The molecule has 0 spiro atoms. The van der Waals surface area contributed by atoms with Crippen molar-refractivity contribution in [3.63, 3.8) is 0 Å². The Bertz CT molecular complexity index is 558. The maximum atomic E-state index is 13.3. The van der Waals surface area contributed by atoms with Crippen LogP contribution in [-0.4, -0.2) is 25.8 Å². The van der Waals surface area contributed by atoms with Gasteiger partial charge in [0.2, 0.25) is 5.91 Å². The van der Waals surface area contributed by atoms with Gasteiger partial charge in [0.25, 0.3) is 0 Å². The van der Waals surface area contributed by atoms with Gasteiger partial charge in [-0.2, -0.15) is 0 Å². The van der Waals surface area contributed by atoms with Gasteiger partial charge in [0, 0.05) is 17.9 Å². The highest BCUT2D eigenvalue weighted by molar-refractivity contribution is 7.91. The van der Waals surface area contributed by atoms with Crippen molar-refractivity contribution in [3.8, 4) is 0 Å². The molecule has 0 aliphatic rings. The zero-order chi connectivity index (χ0) is 14.5. The standard InChI is InChI=1S/C12H17FN2O3S/c1-2-6-19(17,18)7-5-12(16)15-11-8-9(14)3-4-10(11)13/h3-4,8H,2,5-7,14H2,1H3,(H,15,16). The van der Waals surface area contributed by atoms with Gasteiger partial charge in [-0.15, -0.1) is 0 Å². The van der Waals surface area contributed by atoms with Crippen LogP contribution >= 0.6 is 0 Å². The topological polar surface area (TPSA) is 89.3 Å². The number of sulfone groups is 1. The molecule has 0 aliphatic carbocycles. The molecule has 0 heterocycles. The quantitative estimate of drug-likeness (QED) is 0.777. The van der Waals surface area contributed by atoms with Crippen molar-refractivity contribution in [3.05, 3.63) is 24.0 Å². The van der Waals surface area contributed by atoms with E-state index in [0.717, 1.165) is 6.07 Å². The fourth-order valence-corrected chi connectivity index (χ4v) is 2.84. The van der Waals surface area contributed by atoms with Crippen molar-refractivity contribution >= 4 is 27.1 Å². The molecule has 106 valence electrons. The van der Waals surface area contributed by atoms with E-state index in [1.165, 1.54) is 12.1 Å². The molecular formula is C12H17FN2O3S. The predicted molar refractivity (Wildman–Crippen MR) is 73.0 cm³/mol. The molecule has 0 bridgehead atoms. The van der Waals surface area contributed by atoms with Gasteiger partial charge in [-0.3, -0.25) is 4.79 Å². The number of benzene rings is 1. The van der Waals surface area contributed by atoms with Crippen LogP contribution in [0.25, 0.3) is 0 Å². The zero-order valence-corrected chi connectivity index (χ0v) is 11.5. The molecule has 3 N–H and O–H groups in total. The Hall–Kier alpha value is -1.63. The van der Waals surface area contributed by atoms with E-state index >= 15 is 0 Å². The van der Waals surface area contributed by atoms with E-state index in [0.29, 0.717) is 12.1 Å². The van der Waals surface area contributed by atoms with E-state index in [1.54, 1.807) is 6.92 Å². The largest absolute Gasteiger partial charge is 0.399 e. The lowest BCUT2D eigenvalue weighted by atomic mass is 10.2. The highest BCUT2D eigenvalue weighted by atomic mass is 32.2. The summed E-state index contributed by atoms with van der Waals surface area (Å²) in [5.74, 6) is -1.35. The Labute approximate surface area is 111 Å². The number of anilines is 2. The van der Waals surface area contributed by atoms with Crippen molar-refractivity contribution in [1.29, 1.82) is 0 Å². The Morgan fingerprint density at radius 3 is 2.68 bits per heavy atom. The molecule has 0 radical (unpaired) electrons. The summed E-state index contributed by atoms with van der Waals surface area (Å²) in [6, 6.07) is 3.79. The number of rotatable bonds is 6. The monoisotopic (exact) mass is 288 g/mol. The van der Waals surface area contributed by atoms with Gasteiger partial charge >= 0.3 is 0 Å². The molecule has 0 atom stereocenters. The highest BCUT2D eigenvalue weighted by Gasteiger charge is 2.13. The molecule has 5 nitrogen and oxygen atoms in total. The Balaban J connectivity index is 2.59. The Kier molecular flexibility index (Phi) is 5.29. The second-order valence-corrected chi connectivity index (χ2v) is 6.49. The number of nitrogen functional groups attached to an aromatic ring is 1. The fraction of sp³-hybridized carbons (Fsp3) is 0.417. The summed E-state index contributed by atoms with van der Waals surface area (Å²) in [7, 11) is -3.22. The van der Waals surface area contributed by atoms with E-state index in [1.807, 2.05) is 0 Å². The van der Waals surface area contributed by atoms with Gasteiger partial charge in [-0.1, -0.05) is 6.92 Å². The van der Waals surface area contributed by atoms with Crippen LogP contribution in [0.2, 0.25) is 0 Å². The van der Waals surface area contributed by atoms with Crippen LogP contribution in [0, 0.1) is 5.82 Å². The fourth-order valence-electron chi connectivity index (χ4n) is 1.51. The maximum absolute atomic E-state index is 13.3. The summed E-state index contributed by atoms with van der Waals surface area (Å²) < 4.78 is 36.2. The molecule has 0 saturated carbocycles. The van der Waals surface area contributed by atoms with Gasteiger partial charge in [0.15, 0.2) is 9.84 Å². The number of hydrogen-bond donors (Lipinski definition) is 2. The van der Waals surface area contributed by atoms with Crippen LogP contribution in [0.5, 0.6) is 0 Å². The van der Waals surface area contributed by atoms with Crippen molar-refractivity contribution in [1.82, 2.24) is 0 Å². The Morgan fingerprint density at radius 1 is 1.37 bits per heavy atom. The van der Waals surface area contributed by atoms with Gasteiger partial charge in [0.05, 0.1) is 11.4 Å². The van der Waals surface area contributed by atoms with E-state index in [2.05, 4.69) is 5.32 Å². The number of halogens is 1. The minimum absolute atomic E-state index is 0.0436. The molecule has 0 saturated heterocycles. The molecule has 0 unspecified atom stereocenters. The lowest BCUT2D eigenvalue weighted by Crippen LogP contribution is -2.19. The summed E-state index contributed by atoms with van der Waals surface area (Å²) in [6.45, 7) is 1.75. The summed E-state index contributed by atoms with van der Waals surface area (Å²) in [5.41, 5.74) is 5.74. The van der Waals surface area contributed by atoms with Gasteiger partial charge in [-0.25, -0.2) is 12.8 Å². The minimum Gasteiger partial charge on any atom is -0.399 e. The lowest BCUT2D eigenvalue weighted by Gasteiger charge is -2.07. The van der Waals surface area contributed by atoms with Crippen LogP contribution in [0.3, 0.4) is 0 Å². The normalized spacial score (nSPS) is 11.3. The number of carbonyl (C=O) groups is 1. The van der Waals surface area contributed by atoms with Crippen LogP contribution in [-0.2, 0) is 14.6 Å². The second-order valence-electron chi connectivity index (χ2n) is 4.19. The van der Waals surface area contributed by atoms with Crippen LogP contribution in [0.4, 0.5) is 15.8 Å². The van der Waals surface area contributed by atoms with Crippen molar-refractivity contribution in [2.45, 2.75) is 19.8 Å². The summed E-state index contributed by atoms with van der Waals surface area (Å²) in [4.78, 5) is 11.5. The zero-order valence-electron chi connectivity index (χ0n) is 10.6. The van der Waals surface area contributed by atoms with Crippen LogP contribution in [0.15, 0.2) is 18.2 Å². The predicted octanol–water partition coefficient (Wildman–Crippen LogP) is 1.56. The van der Waals surface area contributed by atoms with Crippen LogP contribution < -0.4 is 11.1 Å². The summed E-state index contributed by atoms with van der Waals surface area (Å²) in [5, 5.41) is 2.31. The molecule has 0 aromatic heterocycles. The third-order valence-corrected chi connectivity index (χ3v) is 4.28. The number of carbonyl (C=O) groups excluding carboxylic acids is 1. The van der Waals surface area contributed by atoms with Crippen molar-refractivity contribution < 1.29 is 17.6 Å². The lowest BCUT2D eigenvalue weighted by molar-refractivity contribution is -0.115.